The highest BCUT2D eigenvalue weighted by Gasteiger charge is 2.15. The molecule has 270 valence electrons. The molecule has 0 aromatic carbocycles. The van der Waals surface area contributed by atoms with Crippen LogP contribution in [0.4, 0.5) is 0 Å². The molecule has 0 bridgehead atoms. The van der Waals surface area contributed by atoms with Crippen molar-refractivity contribution >= 4 is 0 Å². The summed E-state index contributed by atoms with van der Waals surface area (Å²) in [5, 5.41) is 9.00. The molecule has 6 heterocycles. The maximum absolute atomic E-state index is 9.00. The normalized spacial score (nSPS) is 25.5. The van der Waals surface area contributed by atoms with Crippen LogP contribution >= 0.6 is 0 Å². The van der Waals surface area contributed by atoms with Gasteiger partial charge in [0, 0.05) is 72.6 Å². The van der Waals surface area contributed by atoms with E-state index in [0.29, 0.717) is 6.10 Å². The van der Waals surface area contributed by atoms with Gasteiger partial charge >= 0.3 is 0 Å². The molecule has 1 N–H and O–H groups in total. The zero-order chi connectivity index (χ0) is 33.3. The van der Waals surface area contributed by atoms with Crippen LogP contribution in [0.25, 0.3) is 0 Å². The van der Waals surface area contributed by atoms with Crippen molar-refractivity contribution in [3.05, 3.63) is 0 Å². The van der Waals surface area contributed by atoms with Gasteiger partial charge in [0.05, 0.1) is 25.4 Å². The number of likely N-dealkylation sites (N-methyl/N-ethyl adjacent to an activating group) is 3. The van der Waals surface area contributed by atoms with Crippen LogP contribution in [-0.2, 0) is 9.47 Å². The second-order valence-corrected chi connectivity index (χ2v) is 14.2. The van der Waals surface area contributed by atoms with Crippen molar-refractivity contribution < 1.29 is 14.6 Å². The molecule has 0 aliphatic carbocycles. The van der Waals surface area contributed by atoms with E-state index in [1.54, 1.807) is 7.11 Å². The third-order valence-electron chi connectivity index (χ3n) is 9.56. The Morgan fingerprint density at radius 2 is 0.733 bits per heavy atom. The van der Waals surface area contributed by atoms with Crippen molar-refractivity contribution in [2.45, 2.75) is 70.0 Å². The number of hydrogen-bond donors (Lipinski definition) is 1. The fourth-order valence-corrected chi connectivity index (χ4v) is 5.70. The van der Waals surface area contributed by atoms with Crippen LogP contribution < -0.4 is 0 Å². The van der Waals surface area contributed by atoms with Gasteiger partial charge in [0.15, 0.2) is 0 Å². The largest absolute Gasteiger partial charge is 0.393 e. The van der Waals surface area contributed by atoms with Crippen LogP contribution in [-0.4, -0.2) is 213 Å². The third kappa shape index (κ3) is 25.3. The van der Waals surface area contributed by atoms with Gasteiger partial charge in [-0.15, -0.1) is 0 Å². The molecule has 45 heavy (non-hydrogen) atoms. The summed E-state index contributed by atoms with van der Waals surface area (Å²) < 4.78 is 10.3. The summed E-state index contributed by atoms with van der Waals surface area (Å²) in [6.45, 7) is 18.7. The van der Waals surface area contributed by atoms with E-state index in [1.165, 1.54) is 110 Å². The quantitative estimate of drug-likeness (QED) is 0.461. The lowest BCUT2D eigenvalue weighted by atomic mass is 10.1. The van der Waals surface area contributed by atoms with Gasteiger partial charge in [-0.25, -0.2) is 0 Å². The Hall–Kier alpha value is -0.400. The van der Waals surface area contributed by atoms with Gasteiger partial charge in [-0.2, -0.15) is 0 Å². The first-order valence-electron chi connectivity index (χ1n) is 18.2. The van der Waals surface area contributed by atoms with Crippen molar-refractivity contribution in [1.82, 2.24) is 34.3 Å². The van der Waals surface area contributed by atoms with E-state index >= 15 is 0 Å². The Labute approximate surface area is 279 Å². The summed E-state index contributed by atoms with van der Waals surface area (Å²) >= 11 is 0. The minimum absolute atomic E-state index is 0.0220. The molecule has 0 aromatic rings. The zero-order valence-electron chi connectivity index (χ0n) is 31.2. The van der Waals surface area contributed by atoms with Crippen LogP contribution in [0, 0.1) is 0 Å². The molecule has 0 saturated carbocycles. The van der Waals surface area contributed by atoms with E-state index < -0.39 is 0 Å². The molecule has 6 aliphatic heterocycles. The average molecular weight is 644 g/mol. The molecule has 10 nitrogen and oxygen atoms in total. The molecule has 0 spiro atoms. The highest BCUT2D eigenvalue weighted by molar-refractivity contribution is 4.69. The topological polar surface area (TPSA) is 61.4 Å². The van der Waals surface area contributed by atoms with Crippen LogP contribution in [0.1, 0.15) is 57.8 Å². The molecule has 0 atom stereocenters. The number of piperazine rings is 1. The van der Waals surface area contributed by atoms with Gasteiger partial charge in [-0.1, -0.05) is 6.42 Å². The predicted molar refractivity (Wildman–Crippen MR) is 192 cm³/mol. The summed E-state index contributed by atoms with van der Waals surface area (Å²) in [5.41, 5.74) is 0. The summed E-state index contributed by atoms with van der Waals surface area (Å²) in [5.74, 6) is 0. The maximum atomic E-state index is 9.00. The van der Waals surface area contributed by atoms with Gasteiger partial charge < -0.3 is 48.9 Å². The van der Waals surface area contributed by atoms with E-state index in [1.807, 2.05) is 0 Å². The van der Waals surface area contributed by atoms with Gasteiger partial charge in [-0.3, -0.25) is 0 Å². The number of morpholine rings is 1. The standard InChI is InChI=1S/C7H15NO.C6H14N2.C6H13NO.C6H13N.C5H11NO.C5H11N/c1-8-5-3-7(9-2)4-6-8;1-7-3-5-8(2)6-4-7;1-7-4-2-6(8)3-5-7;1-7-5-3-2-4-6-7;1-6-2-4-7-5-3-6;1-6-4-2-3-5-6/h7H,3-6H2,1-2H3;3-6H2,1-2H3;6,8H,2-5H2,1H3;2-6H2,1H3;2-5H2,1H3;2-5H2,1H3. The SMILES string of the molecule is CN1CCC(O)CC1.CN1CCCC1.CN1CCCCC1.CN1CCN(C)CC1.CN1CCOCC1.COC1CCN(C)CC1. The molecular weight excluding hydrogens is 566 g/mol. The van der Waals surface area contributed by atoms with E-state index in [4.69, 9.17) is 14.6 Å². The molecule has 0 amide bonds. The smallest absolute Gasteiger partial charge is 0.0595 e. The molecule has 6 saturated heterocycles. The second kappa shape index (κ2) is 27.5. The van der Waals surface area contributed by atoms with Gasteiger partial charge in [-0.05, 0) is 127 Å². The van der Waals surface area contributed by atoms with Crippen molar-refractivity contribution in [3.8, 4) is 0 Å². The van der Waals surface area contributed by atoms with Crippen molar-refractivity contribution in [2.24, 2.45) is 0 Å². The molecule has 0 aromatic heterocycles. The van der Waals surface area contributed by atoms with Crippen molar-refractivity contribution in [3.63, 3.8) is 0 Å². The number of aliphatic hydroxyl groups excluding tert-OH is 1. The third-order valence-corrected chi connectivity index (χ3v) is 9.56. The first-order chi connectivity index (χ1) is 21.6. The number of ether oxygens (including phenoxy) is 2. The Morgan fingerprint density at radius 1 is 0.422 bits per heavy atom. The predicted octanol–water partition coefficient (Wildman–Crippen LogP) is 2.43. The van der Waals surface area contributed by atoms with Crippen LogP contribution in [0.2, 0.25) is 0 Å². The average Bonchev–Trinajstić information content (AvgIpc) is 3.54. The first-order valence-corrected chi connectivity index (χ1v) is 18.2. The number of nitrogens with zero attached hydrogens (tertiary/aromatic N) is 7. The monoisotopic (exact) mass is 644 g/mol. The van der Waals surface area contributed by atoms with Crippen molar-refractivity contribution in [2.75, 3.05) is 161 Å². The lowest BCUT2D eigenvalue weighted by Gasteiger charge is -2.28. The van der Waals surface area contributed by atoms with Gasteiger partial charge in [0.2, 0.25) is 0 Å². The highest BCUT2D eigenvalue weighted by Crippen LogP contribution is 2.10. The van der Waals surface area contributed by atoms with Crippen LogP contribution in [0.15, 0.2) is 0 Å². The molecule has 6 rings (SSSR count). The highest BCUT2D eigenvalue weighted by atomic mass is 16.5. The first kappa shape index (κ1) is 42.6. The van der Waals surface area contributed by atoms with Gasteiger partial charge in [0.1, 0.15) is 0 Å². The Bertz CT molecular complexity index is 567. The van der Waals surface area contributed by atoms with E-state index in [9.17, 15) is 0 Å². The molecule has 10 heteroatoms. The van der Waals surface area contributed by atoms with Crippen molar-refractivity contribution in [1.29, 1.82) is 0 Å². The number of likely N-dealkylation sites (tertiary alicyclic amines) is 4. The molecule has 0 unspecified atom stereocenters. The summed E-state index contributed by atoms with van der Waals surface area (Å²) in [7, 11) is 16.9. The minimum Gasteiger partial charge on any atom is -0.393 e. The number of aliphatic hydroxyl groups is 1. The molecule has 6 aliphatic rings. The summed E-state index contributed by atoms with van der Waals surface area (Å²) in [6, 6.07) is 0. The van der Waals surface area contributed by atoms with E-state index in [2.05, 4.69) is 83.6 Å². The van der Waals surface area contributed by atoms with Crippen LogP contribution in [0.3, 0.4) is 0 Å². The Balaban J connectivity index is 0.000000271. The molecular formula is C35H77N7O3. The molecule has 0 radical (unpaired) electrons. The van der Waals surface area contributed by atoms with Crippen LogP contribution in [0.5, 0.6) is 0 Å². The number of piperidine rings is 3. The van der Waals surface area contributed by atoms with E-state index in [-0.39, 0.29) is 6.10 Å². The summed E-state index contributed by atoms with van der Waals surface area (Å²) in [4.78, 5) is 16.3. The molecule has 6 fully saturated rings. The number of rotatable bonds is 1. The fourth-order valence-electron chi connectivity index (χ4n) is 5.70. The number of hydrogen-bond acceptors (Lipinski definition) is 10. The maximum Gasteiger partial charge on any atom is 0.0595 e. The Morgan fingerprint density at radius 3 is 1.00 bits per heavy atom. The fraction of sp³-hybridized carbons (Fsp3) is 1.00. The van der Waals surface area contributed by atoms with Gasteiger partial charge in [0.25, 0.3) is 0 Å². The lowest BCUT2D eigenvalue weighted by Crippen LogP contribution is -2.42. The number of methoxy groups -OCH3 is 1. The van der Waals surface area contributed by atoms with E-state index in [0.717, 1.165) is 52.2 Å². The lowest BCUT2D eigenvalue weighted by molar-refractivity contribution is 0.0484. The summed E-state index contributed by atoms with van der Waals surface area (Å²) in [6.07, 6.45) is 11.9. The second-order valence-electron chi connectivity index (χ2n) is 14.2. The Kier molecular flexibility index (Phi) is 26.1. The zero-order valence-corrected chi connectivity index (χ0v) is 31.2. The minimum atomic E-state index is -0.0220.